The summed E-state index contributed by atoms with van der Waals surface area (Å²) in [7, 11) is 0. The van der Waals surface area contributed by atoms with E-state index < -0.39 is 0 Å². The van der Waals surface area contributed by atoms with E-state index >= 15 is 0 Å². The Morgan fingerprint density at radius 1 is 0.706 bits per heavy atom. The van der Waals surface area contributed by atoms with Gasteiger partial charge in [-0.3, -0.25) is 0 Å². The van der Waals surface area contributed by atoms with Crippen molar-refractivity contribution in [2.24, 2.45) is 0 Å². The van der Waals surface area contributed by atoms with Crippen LogP contribution in [0.1, 0.15) is 51.4 Å². The summed E-state index contributed by atoms with van der Waals surface area (Å²) in [6.45, 7) is 0. The first-order valence-corrected chi connectivity index (χ1v) is 9.02. The fourth-order valence-corrected chi connectivity index (χ4v) is 5.17. The van der Waals surface area contributed by atoms with E-state index in [1.54, 1.807) is 7.93 Å². The van der Waals surface area contributed by atoms with Gasteiger partial charge in [0, 0.05) is 0 Å². The van der Waals surface area contributed by atoms with Gasteiger partial charge in [0.05, 0.1) is 0 Å². The molecule has 0 heterocycles. The van der Waals surface area contributed by atoms with Gasteiger partial charge in [0.15, 0.2) is 0 Å². The van der Waals surface area contributed by atoms with Crippen LogP contribution in [0, 0.1) is 0 Å². The number of hydrogen-bond donors (Lipinski definition) is 0. The Morgan fingerprint density at radius 3 is 1.76 bits per heavy atom. The van der Waals surface area contributed by atoms with Gasteiger partial charge < -0.3 is 0 Å². The Kier molecular flexibility index (Phi) is 6.06. The number of hydrogen-bond acceptors (Lipinski definition) is 0. The van der Waals surface area contributed by atoms with Crippen LogP contribution in [-0.4, -0.2) is 0 Å². The van der Waals surface area contributed by atoms with E-state index in [0.29, 0.717) is 0 Å². The molecule has 0 N–H and O–H groups in total. The van der Waals surface area contributed by atoms with Gasteiger partial charge in [-0.2, -0.15) is 0 Å². The van der Waals surface area contributed by atoms with Gasteiger partial charge in [-0.15, -0.1) is 0 Å². The predicted molar refractivity (Wildman–Crippen MR) is 71.4 cm³/mol. The van der Waals surface area contributed by atoms with Crippen LogP contribution in [-0.2, 0) is 18.6 Å². The second kappa shape index (κ2) is 7.88. The minimum atomic E-state index is 0.132. The molecule has 17 heavy (non-hydrogen) atoms. The van der Waals surface area contributed by atoms with Crippen LogP contribution < -0.4 is 0 Å². The summed E-state index contributed by atoms with van der Waals surface area (Å²) < 4.78 is 3.47. The number of rotatable bonds is 2. The molecule has 96 valence electrons. The summed E-state index contributed by atoms with van der Waals surface area (Å²) in [6, 6.07) is 0. The van der Waals surface area contributed by atoms with E-state index in [-0.39, 0.29) is 18.6 Å². The van der Waals surface area contributed by atoms with E-state index in [4.69, 9.17) is 0 Å². The third-order valence-electron chi connectivity index (χ3n) is 3.05. The molecule has 0 amide bonds. The van der Waals surface area contributed by atoms with E-state index in [2.05, 4.69) is 36.5 Å². The molecule has 0 fully saturated rings. The van der Waals surface area contributed by atoms with Crippen molar-refractivity contribution in [3.8, 4) is 0 Å². The molecule has 0 aromatic rings. The SMILES string of the molecule is C1=C\CCCC\[C]([Pt]/[C]2=C/C=C\CCCC2)=C/1. The second-order valence-corrected chi connectivity index (χ2v) is 8.06. The zero-order chi connectivity index (χ0) is 11.8. The summed E-state index contributed by atoms with van der Waals surface area (Å²) >= 11 is 0.132. The van der Waals surface area contributed by atoms with Crippen molar-refractivity contribution in [2.75, 3.05) is 0 Å². The third kappa shape index (κ3) is 5.21. The van der Waals surface area contributed by atoms with E-state index in [0.717, 1.165) is 0 Å². The van der Waals surface area contributed by atoms with E-state index in [9.17, 15) is 0 Å². The standard InChI is InChI=1S/2C8H11.Pt/c2*1-2-4-6-8-7-5-3-1;/h2*1-3H,4,6-8H2;/b2*2-1-,5-3?;. The molecular weight excluding hydrogens is 387 g/mol. The molecule has 2 aliphatic rings. The Hall–Kier alpha value is -0.352. The van der Waals surface area contributed by atoms with Crippen molar-refractivity contribution in [1.82, 2.24) is 0 Å². The first-order valence-electron chi connectivity index (χ1n) is 6.75. The van der Waals surface area contributed by atoms with Crippen LogP contribution >= 0.6 is 0 Å². The normalized spacial score (nSPS) is 32.0. The average molecular weight is 409 g/mol. The van der Waals surface area contributed by atoms with Gasteiger partial charge >= 0.3 is 114 Å². The maximum absolute atomic E-state index is 2.40. The molecule has 0 unspecified atom stereocenters. The summed E-state index contributed by atoms with van der Waals surface area (Å²) in [4.78, 5) is 0. The molecular formula is C16H22Pt. The van der Waals surface area contributed by atoms with Gasteiger partial charge in [-0.25, -0.2) is 0 Å². The fraction of sp³-hybridized carbons (Fsp3) is 0.500. The van der Waals surface area contributed by atoms with Gasteiger partial charge in [-0.05, 0) is 0 Å². The molecule has 0 aliphatic heterocycles. The van der Waals surface area contributed by atoms with Gasteiger partial charge in [0.1, 0.15) is 0 Å². The quantitative estimate of drug-likeness (QED) is 0.596. The van der Waals surface area contributed by atoms with Crippen LogP contribution in [0.3, 0.4) is 0 Å². The first-order chi connectivity index (χ1) is 8.45. The molecule has 0 saturated heterocycles. The van der Waals surface area contributed by atoms with Gasteiger partial charge in [0.25, 0.3) is 0 Å². The van der Waals surface area contributed by atoms with Gasteiger partial charge in [-0.1, -0.05) is 0 Å². The van der Waals surface area contributed by atoms with Crippen molar-refractivity contribution in [3.63, 3.8) is 0 Å². The summed E-state index contributed by atoms with van der Waals surface area (Å²) in [6.07, 6.45) is 24.8. The molecule has 0 radical (unpaired) electrons. The van der Waals surface area contributed by atoms with E-state index in [1.165, 1.54) is 51.4 Å². The van der Waals surface area contributed by atoms with Crippen molar-refractivity contribution in [1.29, 1.82) is 0 Å². The predicted octanol–water partition coefficient (Wildman–Crippen LogP) is 5.10. The zero-order valence-electron chi connectivity index (χ0n) is 10.4. The summed E-state index contributed by atoms with van der Waals surface area (Å²) in [5.74, 6) is 0. The number of allylic oxidation sites excluding steroid dienone is 8. The molecule has 0 bridgehead atoms. The topological polar surface area (TPSA) is 0 Å². The van der Waals surface area contributed by atoms with Crippen molar-refractivity contribution in [3.05, 3.63) is 44.4 Å². The van der Waals surface area contributed by atoms with Crippen LogP contribution in [0.15, 0.2) is 44.4 Å². The molecule has 2 aliphatic carbocycles. The molecule has 0 spiro atoms. The Bertz CT molecular complexity index is 311. The van der Waals surface area contributed by atoms with Gasteiger partial charge in [0.2, 0.25) is 0 Å². The minimum absolute atomic E-state index is 0.132. The fourth-order valence-electron chi connectivity index (χ4n) is 2.04. The maximum atomic E-state index is 2.40. The molecule has 0 aromatic carbocycles. The Labute approximate surface area is 114 Å². The van der Waals surface area contributed by atoms with Crippen LogP contribution in [0.25, 0.3) is 0 Å². The monoisotopic (exact) mass is 409 g/mol. The molecule has 0 nitrogen and oxygen atoms in total. The average Bonchev–Trinajstić information content (AvgIpc) is 2.24. The van der Waals surface area contributed by atoms with Crippen LogP contribution in [0.4, 0.5) is 0 Å². The van der Waals surface area contributed by atoms with Crippen molar-refractivity contribution < 1.29 is 18.6 Å². The van der Waals surface area contributed by atoms with Crippen molar-refractivity contribution in [2.45, 2.75) is 51.4 Å². The molecule has 0 aromatic heterocycles. The molecule has 0 saturated carbocycles. The Balaban J connectivity index is 1.97. The molecule has 1 heteroatoms. The molecule has 2 rings (SSSR count). The zero-order valence-corrected chi connectivity index (χ0v) is 12.7. The first kappa shape index (κ1) is 13.1. The molecule has 0 atom stereocenters. The van der Waals surface area contributed by atoms with Crippen LogP contribution in [0.2, 0.25) is 0 Å². The van der Waals surface area contributed by atoms with Crippen LogP contribution in [0.5, 0.6) is 0 Å². The summed E-state index contributed by atoms with van der Waals surface area (Å²) in [5, 5.41) is 0. The van der Waals surface area contributed by atoms with E-state index in [1.807, 2.05) is 0 Å². The summed E-state index contributed by atoms with van der Waals surface area (Å²) in [5.41, 5.74) is 0. The third-order valence-corrected chi connectivity index (χ3v) is 6.40. The second-order valence-electron chi connectivity index (χ2n) is 4.57. The Morgan fingerprint density at radius 2 is 1.24 bits per heavy atom. The van der Waals surface area contributed by atoms with Crippen molar-refractivity contribution >= 4 is 0 Å².